The largest absolute Gasteiger partial charge is 0.310 e. The molecular formula is C11H17FN2S. The maximum absolute atomic E-state index is 12.9. The number of nitrogens with zero attached hydrogens (tertiary/aromatic N) is 1. The second kappa shape index (κ2) is 6.80. The SMILES string of the molecule is CSCCCNC(C)c1cncc(F)c1. The minimum atomic E-state index is -0.273. The highest BCUT2D eigenvalue weighted by atomic mass is 32.2. The molecule has 0 saturated carbocycles. The van der Waals surface area contributed by atoms with E-state index in [1.807, 2.05) is 18.7 Å². The van der Waals surface area contributed by atoms with Crippen LogP contribution in [-0.2, 0) is 0 Å². The summed E-state index contributed by atoms with van der Waals surface area (Å²) in [6.45, 7) is 2.98. The van der Waals surface area contributed by atoms with E-state index in [2.05, 4.69) is 16.6 Å². The summed E-state index contributed by atoms with van der Waals surface area (Å²) in [6.07, 6.45) is 6.16. The van der Waals surface area contributed by atoms with Crippen molar-refractivity contribution in [3.63, 3.8) is 0 Å². The van der Waals surface area contributed by atoms with E-state index in [0.717, 1.165) is 24.3 Å². The summed E-state index contributed by atoms with van der Waals surface area (Å²) in [6, 6.07) is 1.69. The lowest BCUT2D eigenvalue weighted by Crippen LogP contribution is -2.20. The van der Waals surface area contributed by atoms with E-state index in [1.54, 1.807) is 6.20 Å². The first kappa shape index (κ1) is 12.5. The molecule has 1 aromatic heterocycles. The zero-order chi connectivity index (χ0) is 11.1. The lowest BCUT2D eigenvalue weighted by Gasteiger charge is -2.13. The summed E-state index contributed by atoms with van der Waals surface area (Å²) < 4.78 is 12.9. The van der Waals surface area contributed by atoms with Crippen molar-refractivity contribution in [2.24, 2.45) is 0 Å². The van der Waals surface area contributed by atoms with Gasteiger partial charge < -0.3 is 5.32 Å². The molecule has 0 fully saturated rings. The molecule has 15 heavy (non-hydrogen) atoms. The monoisotopic (exact) mass is 228 g/mol. The molecule has 0 radical (unpaired) electrons. The third-order valence-corrected chi connectivity index (χ3v) is 2.90. The Morgan fingerprint density at radius 2 is 2.33 bits per heavy atom. The van der Waals surface area contributed by atoms with Gasteiger partial charge in [0.1, 0.15) is 5.82 Å². The zero-order valence-corrected chi connectivity index (χ0v) is 9.98. The van der Waals surface area contributed by atoms with Gasteiger partial charge in [-0.2, -0.15) is 11.8 Å². The average molecular weight is 228 g/mol. The van der Waals surface area contributed by atoms with Crippen LogP contribution in [0.25, 0.3) is 0 Å². The Morgan fingerprint density at radius 3 is 3.00 bits per heavy atom. The average Bonchev–Trinajstić information content (AvgIpc) is 2.24. The van der Waals surface area contributed by atoms with Crippen molar-refractivity contribution in [2.45, 2.75) is 19.4 Å². The minimum Gasteiger partial charge on any atom is -0.310 e. The smallest absolute Gasteiger partial charge is 0.141 e. The molecule has 2 nitrogen and oxygen atoms in total. The molecule has 0 aromatic carbocycles. The van der Waals surface area contributed by atoms with Crippen LogP contribution in [0, 0.1) is 5.82 Å². The van der Waals surface area contributed by atoms with E-state index in [-0.39, 0.29) is 11.9 Å². The predicted octanol–water partition coefficient (Wildman–Crippen LogP) is 2.62. The molecule has 1 N–H and O–H groups in total. The van der Waals surface area contributed by atoms with Crippen LogP contribution in [0.1, 0.15) is 24.9 Å². The molecular weight excluding hydrogens is 211 g/mol. The Morgan fingerprint density at radius 1 is 1.53 bits per heavy atom. The molecule has 84 valence electrons. The van der Waals surface area contributed by atoms with Gasteiger partial charge in [-0.3, -0.25) is 4.98 Å². The number of aromatic nitrogens is 1. The fourth-order valence-electron chi connectivity index (χ4n) is 1.32. The molecule has 0 aliphatic heterocycles. The van der Waals surface area contributed by atoms with E-state index in [0.29, 0.717) is 0 Å². The summed E-state index contributed by atoms with van der Waals surface area (Å²) >= 11 is 1.84. The van der Waals surface area contributed by atoms with Crippen molar-refractivity contribution in [1.29, 1.82) is 0 Å². The molecule has 1 rings (SSSR count). The van der Waals surface area contributed by atoms with Crippen LogP contribution in [0.3, 0.4) is 0 Å². The maximum Gasteiger partial charge on any atom is 0.141 e. The highest BCUT2D eigenvalue weighted by Gasteiger charge is 2.05. The van der Waals surface area contributed by atoms with E-state index in [9.17, 15) is 4.39 Å². The topological polar surface area (TPSA) is 24.9 Å². The van der Waals surface area contributed by atoms with Gasteiger partial charge >= 0.3 is 0 Å². The van der Waals surface area contributed by atoms with E-state index in [4.69, 9.17) is 0 Å². The molecule has 4 heteroatoms. The first-order valence-electron chi connectivity index (χ1n) is 5.07. The van der Waals surface area contributed by atoms with Crippen LogP contribution >= 0.6 is 11.8 Å². The third kappa shape index (κ3) is 4.62. The Balaban J connectivity index is 2.36. The second-order valence-corrected chi connectivity index (χ2v) is 4.44. The summed E-state index contributed by atoms with van der Waals surface area (Å²) in [7, 11) is 0. The molecule has 1 heterocycles. The molecule has 0 aliphatic carbocycles. The lowest BCUT2D eigenvalue weighted by atomic mass is 10.1. The van der Waals surface area contributed by atoms with Crippen LogP contribution in [0.2, 0.25) is 0 Å². The molecule has 0 bridgehead atoms. The van der Waals surface area contributed by atoms with Crippen LogP contribution in [0.4, 0.5) is 4.39 Å². The fraction of sp³-hybridized carbons (Fsp3) is 0.545. The second-order valence-electron chi connectivity index (χ2n) is 3.46. The highest BCUT2D eigenvalue weighted by Crippen LogP contribution is 2.11. The van der Waals surface area contributed by atoms with Crippen molar-refractivity contribution in [3.8, 4) is 0 Å². The molecule has 0 saturated heterocycles. The number of halogens is 1. The predicted molar refractivity (Wildman–Crippen MR) is 63.6 cm³/mol. The van der Waals surface area contributed by atoms with Crippen LogP contribution in [-0.4, -0.2) is 23.5 Å². The van der Waals surface area contributed by atoms with Gasteiger partial charge in [0.2, 0.25) is 0 Å². The van der Waals surface area contributed by atoms with E-state index < -0.39 is 0 Å². The third-order valence-electron chi connectivity index (χ3n) is 2.20. The van der Waals surface area contributed by atoms with E-state index in [1.165, 1.54) is 12.3 Å². The molecule has 1 unspecified atom stereocenters. The fourth-order valence-corrected chi connectivity index (χ4v) is 1.75. The van der Waals surface area contributed by atoms with Gasteiger partial charge in [0.15, 0.2) is 0 Å². The Bertz CT molecular complexity index is 294. The van der Waals surface area contributed by atoms with Crippen molar-refractivity contribution in [1.82, 2.24) is 10.3 Å². The number of hydrogen-bond donors (Lipinski definition) is 1. The molecule has 1 aromatic rings. The highest BCUT2D eigenvalue weighted by molar-refractivity contribution is 7.98. The summed E-state index contributed by atoms with van der Waals surface area (Å²) in [5.74, 6) is 0.881. The molecule has 1 atom stereocenters. The number of pyridine rings is 1. The summed E-state index contributed by atoms with van der Waals surface area (Å²) in [5.41, 5.74) is 0.902. The van der Waals surface area contributed by atoms with Gasteiger partial charge in [0, 0.05) is 12.2 Å². The number of rotatable bonds is 6. The number of hydrogen-bond acceptors (Lipinski definition) is 3. The molecule has 0 amide bonds. The van der Waals surface area contributed by atoms with Gasteiger partial charge in [0.05, 0.1) is 6.20 Å². The first-order chi connectivity index (χ1) is 7.24. The molecule has 0 spiro atoms. The van der Waals surface area contributed by atoms with Gasteiger partial charge in [-0.05, 0) is 43.5 Å². The quantitative estimate of drug-likeness (QED) is 0.758. The Labute approximate surface area is 94.7 Å². The van der Waals surface area contributed by atoms with Crippen molar-refractivity contribution < 1.29 is 4.39 Å². The number of nitrogens with one attached hydrogen (secondary N) is 1. The lowest BCUT2D eigenvalue weighted by molar-refractivity contribution is 0.560. The van der Waals surface area contributed by atoms with Gasteiger partial charge in [-0.15, -0.1) is 0 Å². The van der Waals surface area contributed by atoms with Crippen molar-refractivity contribution in [2.75, 3.05) is 18.6 Å². The minimum absolute atomic E-state index is 0.162. The summed E-state index contributed by atoms with van der Waals surface area (Å²) in [5, 5.41) is 3.34. The van der Waals surface area contributed by atoms with Crippen molar-refractivity contribution >= 4 is 11.8 Å². The van der Waals surface area contributed by atoms with E-state index >= 15 is 0 Å². The zero-order valence-electron chi connectivity index (χ0n) is 9.16. The van der Waals surface area contributed by atoms with Crippen molar-refractivity contribution in [3.05, 3.63) is 29.8 Å². The standard InChI is InChI=1S/C11H17FN2S/c1-9(14-4-3-5-15-2)10-6-11(12)8-13-7-10/h6-9,14H,3-5H2,1-2H3. The van der Waals surface area contributed by atoms with Crippen LogP contribution in [0.5, 0.6) is 0 Å². The number of thioether (sulfide) groups is 1. The summed E-state index contributed by atoms with van der Waals surface area (Å²) in [4.78, 5) is 3.83. The van der Waals surface area contributed by atoms with Gasteiger partial charge in [0.25, 0.3) is 0 Å². The first-order valence-corrected chi connectivity index (χ1v) is 6.46. The normalized spacial score (nSPS) is 12.7. The maximum atomic E-state index is 12.9. The van der Waals surface area contributed by atoms with Crippen LogP contribution < -0.4 is 5.32 Å². The Kier molecular flexibility index (Phi) is 5.65. The van der Waals surface area contributed by atoms with Crippen LogP contribution in [0.15, 0.2) is 18.5 Å². The molecule has 0 aliphatic rings. The van der Waals surface area contributed by atoms with Gasteiger partial charge in [-0.25, -0.2) is 4.39 Å². The van der Waals surface area contributed by atoms with Gasteiger partial charge in [-0.1, -0.05) is 0 Å². The Hall–Kier alpha value is -0.610.